The first-order valence-corrected chi connectivity index (χ1v) is 5.46. The lowest BCUT2D eigenvalue weighted by molar-refractivity contribution is -0.142. The second kappa shape index (κ2) is 4.06. The number of carboxylic acids is 1. The third-order valence-corrected chi connectivity index (χ3v) is 3.23. The third-order valence-electron chi connectivity index (χ3n) is 3.23. The van der Waals surface area contributed by atoms with Crippen LogP contribution < -0.4 is 4.90 Å². The molecule has 0 saturated carbocycles. The van der Waals surface area contributed by atoms with Gasteiger partial charge in [0, 0.05) is 6.54 Å². The van der Waals surface area contributed by atoms with Crippen LogP contribution in [0.2, 0.25) is 0 Å². The minimum Gasteiger partial charge on any atom is -0.480 e. The number of hydrogen-bond donors (Lipinski definition) is 1. The van der Waals surface area contributed by atoms with Crippen LogP contribution in [0.4, 0.5) is 5.82 Å². The number of carbonyl (C=O) groups is 1. The Morgan fingerprint density at radius 3 is 3.06 bits per heavy atom. The molecule has 5 nitrogen and oxygen atoms in total. The molecule has 0 amide bonds. The minimum atomic E-state index is -0.916. The van der Waals surface area contributed by atoms with Gasteiger partial charge in [0.15, 0.2) is 0 Å². The summed E-state index contributed by atoms with van der Waals surface area (Å²) in [6, 6.07) is 7.04. The van der Waals surface area contributed by atoms with E-state index in [4.69, 9.17) is 5.26 Å². The zero-order valence-electron chi connectivity index (χ0n) is 9.55. The van der Waals surface area contributed by atoms with Crippen LogP contribution >= 0.6 is 0 Å². The van der Waals surface area contributed by atoms with E-state index in [0.717, 1.165) is 6.42 Å². The predicted molar refractivity (Wildman–Crippen MR) is 61.6 cm³/mol. The van der Waals surface area contributed by atoms with E-state index in [1.54, 1.807) is 30.0 Å². The number of aliphatic carboxylic acids is 1. The molecule has 88 valence electrons. The van der Waals surface area contributed by atoms with Crippen molar-refractivity contribution in [3.63, 3.8) is 0 Å². The Morgan fingerprint density at radius 2 is 2.41 bits per heavy atom. The molecule has 1 aliphatic heterocycles. The number of nitriles is 1. The minimum absolute atomic E-state index is 0.308. The molecular formula is C12H13N3O2. The number of carboxylic acid groups (broad SMARTS) is 1. The van der Waals surface area contributed by atoms with Crippen molar-refractivity contribution >= 4 is 11.8 Å². The maximum atomic E-state index is 11.3. The van der Waals surface area contributed by atoms with Crippen LogP contribution in [-0.2, 0) is 4.79 Å². The van der Waals surface area contributed by atoms with Gasteiger partial charge in [-0.2, -0.15) is 5.26 Å². The van der Waals surface area contributed by atoms with Gasteiger partial charge in [0.25, 0.3) is 0 Å². The molecule has 2 heterocycles. The van der Waals surface area contributed by atoms with E-state index in [1.165, 1.54) is 0 Å². The molecule has 1 saturated heterocycles. The SMILES string of the molecule is CC1(C(=O)O)CCCN1c1cccc(C#N)n1. The zero-order valence-corrected chi connectivity index (χ0v) is 9.55. The first kappa shape index (κ1) is 11.4. The van der Waals surface area contributed by atoms with Crippen LogP contribution in [0.1, 0.15) is 25.5 Å². The first-order chi connectivity index (χ1) is 8.08. The number of anilines is 1. The molecule has 1 aromatic heterocycles. The summed E-state index contributed by atoms with van der Waals surface area (Å²) in [6.07, 6.45) is 1.42. The number of aromatic nitrogens is 1. The van der Waals surface area contributed by atoms with Crippen LogP contribution in [0.25, 0.3) is 0 Å². The molecule has 1 aromatic rings. The monoisotopic (exact) mass is 231 g/mol. The molecule has 0 spiro atoms. The highest BCUT2D eigenvalue weighted by Crippen LogP contribution is 2.33. The maximum Gasteiger partial charge on any atom is 0.329 e. The van der Waals surface area contributed by atoms with Gasteiger partial charge in [-0.3, -0.25) is 0 Å². The fraction of sp³-hybridized carbons (Fsp3) is 0.417. The predicted octanol–water partition coefficient (Wildman–Crippen LogP) is 1.40. The van der Waals surface area contributed by atoms with E-state index >= 15 is 0 Å². The zero-order chi connectivity index (χ0) is 12.5. The van der Waals surface area contributed by atoms with E-state index in [1.807, 2.05) is 6.07 Å². The summed E-state index contributed by atoms with van der Waals surface area (Å²) in [5.74, 6) is -0.286. The van der Waals surface area contributed by atoms with Crippen molar-refractivity contribution in [1.29, 1.82) is 5.26 Å². The highest BCUT2D eigenvalue weighted by Gasteiger charge is 2.44. The van der Waals surface area contributed by atoms with Gasteiger partial charge in [-0.15, -0.1) is 0 Å². The second-order valence-electron chi connectivity index (χ2n) is 4.33. The summed E-state index contributed by atoms with van der Waals surface area (Å²) < 4.78 is 0. The molecule has 0 aliphatic carbocycles. The topological polar surface area (TPSA) is 77.2 Å². The standard InChI is InChI=1S/C12H13N3O2/c1-12(11(16)17)6-3-7-15(12)10-5-2-4-9(8-13)14-10/h2,4-5H,3,6-7H2,1H3,(H,16,17). The van der Waals surface area contributed by atoms with Crippen molar-refractivity contribution in [2.75, 3.05) is 11.4 Å². The molecule has 0 bridgehead atoms. The van der Waals surface area contributed by atoms with Crippen molar-refractivity contribution in [2.24, 2.45) is 0 Å². The molecule has 1 unspecified atom stereocenters. The van der Waals surface area contributed by atoms with Crippen molar-refractivity contribution < 1.29 is 9.90 Å². The average molecular weight is 231 g/mol. The Balaban J connectivity index is 2.39. The van der Waals surface area contributed by atoms with Gasteiger partial charge in [-0.1, -0.05) is 6.07 Å². The summed E-state index contributed by atoms with van der Waals surface area (Å²) in [5, 5.41) is 18.1. The normalized spacial score (nSPS) is 23.4. The lowest BCUT2D eigenvalue weighted by atomic mass is 9.99. The summed E-state index contributed by atoms with van der Waals surface area (Å²) in [5.41, 5.74) is -0.608. The van der Waals surface area contributed by atoms with Gasteiger partial charge in [-0.05, 0) is 31.9 Å². The van der Waals surface area contributed by atoms with Gasteiger partial charge in [0.2, 0.25) is 0 Å². The quantitative estimate of drug-likeness (QED) is 0.832. The molecule has 0 radical (unpaired) electrons. The summed E-state index contributed by atoms with van der Waals surface area (Å²) in [6.45, 7) is 2.35. The summed E-state index contributed by atoms with van der Waals surface area (Å²) >= 11 is 0. The number of hydrogen-bond acceptors (Lipinski definition) is 4. The molecule has 1 N–H and O–H groups in total. The van der Waals surface area contributed by atoms with Crippen LogP contribution in [0.3, 0.4) is 0 Å². The van der Waals surface area contributed by atoms with Gasteiger partial charge < -0.3 is 10.0 Å². The van der Waals surface area contributed by atoms with Gasteiger partial charge in [-0.25, -0.2) is 9.78 Å². The van der Waals surface area contributed by atoms with E-state index < -0.39 is 11.5 Å². The van der Waals surface area contributed by atoms with E-state index in [-0.39, 0.29) is 0 Å². The molecule has 1 atom stereocenters. The molecule has 0 aromatic carbocycles. The second-order valence-corrected chi connectivity index (χ2v) is 4.33. The number of rotatable bonds is 2. The molecule has 2 rings (SSSR count). The van der Waals surface area contributed by atoms with E-state index in [0.29, 0.717) is 24.5 Å². The van der Waals surface area contributed by atoms with E-state index in [2.05, 4.69) is 4.98 Å². The fourth-order valence-electron chi connectivity index (χ4n) is 2.19. The van der Waals surface area contributed by atoms with E-state index in [9.17, 15) is 9.90 Å². The van der Waals surface area contributed by atoms with Gasteiger partial charge in [0.05, 0.1) is 0 Å². The maximum absolute atomic E-state index is 11.3. The molecule has 1 fully saturated rings. The van der Waals surface area contributed by atoms with Crippen LogP contribution in [0, 0.1) is 11.3 Å². The molecule has 17 heavy (non-hydrogen) atoms. The largest absolute Gasteiger partial charge is 0.480 e. The highest BCUT2D eigenvalue weighted by atomic mass is 16.4. The van der Waals surface area contributed by atoms with Crippen molar-refractivity contribution in [2.45, 2.75) is 25.3 Å². The van der Waals surface area contributed by atoms with Crippen LogP contribution in [-0.4, -0.2) is 28.1 Å². The van der Waals surface area contributed by atoms with Gasteiger partial charge >= 0.3 is 5.97 Å². The van der Waals surface area contributed by atoms with Crippen molar-refractivity contribution in [3.05, 3.63) is 23.9 Å². The highest BCUT2D eigenvalue weighted by molar-refractivity contribution is 5.83. The lowest BCUT2D eigenvalue weighted by Gasteiger charge is -2.32. The Kier molecular flexibility index (Phi) is 2.72. The van der Waals surface area contributed by atoms with Crippen molar-refractivity contribution in [3.8, 4) is 6.07 Å². The van der Waals surface area contributed by atoms with Crippen LogP contribution in [0.15, 0.2) is 18.2 Å². The Hall–Kier alpha value is -2.09. The van der Waals surface area contributed by atoms with Gasteiger partial charge in [0.1, 0.15) is 23.1 Å². The average Bonchev–Trinajstić information content (AvgIpc) is 2.73. The Labute approximate surface area is 99.3 Å². The first-order valence-electron chi connectivity index (χ1n) is 5.46. The van der Waals surface area contributed by atoms with Crippen LogP contribution in [0.5, 0.6) is 0 Å². The molecule has 5 heteroatoms. The summed E-state index contributed by atoms with van der Waals surface area (Å²) in [4.78, 5) is 17.2. The lowest BCUT2D eigenvalue weighted by Crippen LogP contribution is -2.48. The molecular weight excluding hydrogens is 218 g/mol. The summed E-state index contributed by atoms with van der Waals surface area (Å²) in [7, 11) is 0. The number of pyridine rings is 1. The number of nitrogens with zero attached hydrogens (tertiary/aromatic N) is 3. The fourth-order valence-corrected chi connectivity index (χ4v) is 2.19. The molecule has 1 aliphatic rings. The smallest absolute Gasteiger partial charge is 0.329 e. The third kappa shape index (κ3) is 1.82. The Morgan fingerprint density at radius 1 is 1.65 bits per heavy atom. The Bertz CT molecular complexity index is 495. The van der Waals surface area contributed by atoms with Crippen molar-refractivity contribution in [1.82, 2.24) is 4.98 Å².